The molecule has 0 bridgehead atoms. The van der Waals surface area contributed by atoms with E-state index in [1.807, 2.05) is 0 Å². The van der Waals surface area contributed by atoms with Crippen LogP contribution in [0.2, 0.25) is 5.02 Å². The van der Waals surface area contributed by atoms with E-state index in [0.717, 1.165) is 11.8 Å². The lowest BCUT2D eigenvalue weighted by atomic mass is 10.1. The Balaban J connectivity index is 2.25. The molecule has 0 aliphatic heterocycles. The van der Waals surface area contributed by atoms with Crippen molar-refractivity contribution in [3.63, 3.8) is 0 Å². The molecule has 0 fully saturated rings. The average molecular weight is 301 g/mol. The molecule has 1 heterocycles. The summed E-state index contributed by atoms with van der Waals surface area (Å²) in [5, 5.41) is 4.63. The summed E-state index contributed by atoms with van der Waals surface area (Å²) < 4.78 is 29.4. The van der Waals surface area contributed by atoms with E-state index in [1.165, 1.54) is 0 Å². The summed E-state index contributed by atoms with van der Waals surface area (Å²) in [5.74, 6) is 0. The fourth-order valence-electron chi connectivity index (χ4n) is 1.66. The fraction of sp³-hybridized carbons (Fsp3) is 0.250. The topological polar surface area (TPSA) is 61.2 Å². The minimum absolute atomic E-state index is 0.307. The molecule has 0 aliphatic rings. The molecular weight excluding hydrogens is 288 g/mol. The zero-order chi connectivity index (χ0) is 13.9. The van der Waals surface area contributed by atoms with Crippen molar-refractivity contribution in [1.29, 1.82) is 0 Å². The van der Waals surface area contributed by atoms with Crippen LogP contribution in [0.5, 0.6) is 0 Å². The SMILES string of the molecule is CS(=O)(=O)O[C@@H](Cn1cccn1)c1ccc(Cl)cc1. The molecule has 0 aliphatic carbocycles. The predicted octanol–water partition coefficient (Wildman–Crippen LogP) is 2.25. The third-order valence-corrected chi connectivity index (χ3v) is 3.28. The number of nitrogens with zero attached hydrogens (tertiary/aromatic N) is 2. The van der Waals surface area contributed by atoms with Crippen molar-refractivity contribution in [2.45, 2.75) is 12.6 Å². The van der Waals surface area contributed by atoms with Crippen LogP contribution in [0.1, 0.15) is 11.7 Å². The van der Waals surface area contributed by atoms with Crippen LogP contribution in [0.3, 0.4) is 0 Å². The van der Waals surface area contributed by atoms with Gasteiger partial charge in [-0.1, -0.05) is 23.7 Å². The van der Waals surface area contributed by atoms with Gasteiger partial charge in [0.25, 0.3) is 10.1 Å². The second kappa shape index (κ2) is 5.73. The Hall–Kier alpha value is -1.37. The minimum Gasteiger partial charge on any atom is -0.270 e. The van der Waals surface area contributed by atoms with E-state index in [4.69, 9.17) is 15.8 Å². The number of aromatic nitrogens is 2. The molecule has 2 aromatic rings. The molecule has 102 valence electrons. The monoisotopic (exact) mass is 300 g/mol. The van der Waals surface area contributed by atoms with Crippen molar-refractivity contribution < 1.29 is 12.6 Å². The van der Waals surface area contributed by atoms with Gasteiger partial charge in [-0.15, -0.1) is 0 Å². The van der Waals surface area contributed by atoms with Gasteiger partial charge in [0.1, 0.15) is 6.10 Å². The van der Waals surface area contributed by atoms with E-state index in [9.17, 15) is 8.42 Å². The maximum atomic E-state index is 11.3. The lowest BCUT2D eigenvalue weighted by Gasteiger charge is -2.16. The Kier molecular flexibility index (Phi) is 4.24. The van der Waals surface area contributed by atoms with E-state index in [0.29, 0.717) is 11.6 Å². The number of benzene rings is 1. The molecule has 0 saturated carbocycles. The highest BCUT2D eigenvalue weighted by atomic mass is 35.5. The van der Waals surface area contributed by atoms with Crippen LogP contribution in [0.4, 0.5) is 0 Å². The third-order valence-electron chi connectivity index (χ3n) is 2.44. The first-order chi connectivity index (χ1) is 8.94. The van der Waals surface area contributed by atoms with Crippen molar-refractivity contribution >= 4 is 21.7 Å². The van der Waals surface area contributed by atoms with E-state index < -0.39 is 16.2 Å². The van der Waals surface area contributed by atoms with Gasteiger partial charge in [0.05, 0.1) is 12.8 Å². The first kappa shape index (κ1) is 14.0. The molecule has 1 aromatic heterocycles. The van der Waals surface area contributed by atoms with Gasteiger partial charge in [0, 0.05) is 17.4 Å². The average Bonchev–Trinajstić information content (AvgIpc) is 2.80. The van der Waals surface area contributed by atoms with Crippen molar-refractivity contribution in [3.05, 3.63) is 53.3 Å². The second-order valence-corrected chi connectivity index (χ2v) is 6.11. The van der Waals surface area contributed by atoms with Gasteiger partial charge in [-0.05, 0) is 23.8 Å². The van der Waals surface area contributed by atoms with Crippen LogP contribution < -0.4 is 0 Å². The van der Waals surface area contributed by atoms with Crippen LogP contribution in [0.25, 0.3) is 0 Å². The summed E-state index contributed by atoms with van der Waals surface area (Å²) in [6.07, 6.45) is 3.76. The normalized spacial score (nSPS) is 13.4. The molecule has 2 rings (SSSR count). The number of rotatable bonds is 5. The lowest BCUT2D eigenvalue weighted by molar-refractivity contribution is 0.187. The summed E-state index contributed by atoms with van der Waals surface area (Å²) in [7, 11) is -3.56. The minimum atomic E-state index is -3.56. The van der Waals surface area contributed by atoms with Gasteiger partial charge in [-0.3, -0.25) is 8.86 Å². The summed E-state index contributed by atoms with van der Waals surface area (Å²) in [6.45, 7) is 0.307. The van der Waals surface area contributed by atoms with Gasteiger partial charge in [-0.25, -0.2) is 0 Å². The van der Waals surface area contributed by atoms with Gasteiger partial charge >= 0.3 is 0 Å². The fourth-order valence-corrected chi connectivity index (χ4v) is 2.38. The van der Waals surface area contributed by atoms with Crippen LogP contribution in [-0.2, 0) is 20.8 Å². The van der Waals surface area contributed by atoms with Crippen molar-refractivity contribution in [3.8, 4) is 0 Å². The van der Waals surface area contributed by atoms with E-state index in [-0.39, 0.29) is 0 Å². The van der Waals surface area contributed by atoms with E-state index in [2.05, 4.69) is 5.10 Å². The Labute approximate surface area is 116 Å². The van der Waals surface area contributed by atoms with E-state index in [1.54, 1.807) is 47.4 Å². The van der Waals surface area contributed by atoms with Crippen molar-refractivity contribution in [2.24, 2.45) is 0 Å². The molecular formula is C12H13ClN2O3S. The first-order valence-electron chi connectivity index (χ1n) is 5.55. The van der Waals surface area contributed by atoms with E-state index >= 15 is 0 Å². The largest absolute Gasteiger partial charge is 0.270 e. The second-order valence-electron chi connectivity index (χ2n) is 4.07. The van der Waals surface area contributed by atoms with Gasteiger partial charge < -0.3 is 0 Å². The highest BCUT2D eigenvalue weighted by Gasteiger charge is 2.18. The molecule has 0 saturated heterocycles. The number of halogens is 1. The molecule has 1 aromatic carbocycles. The van der Waals surface area contributed by atoms with Crippen molar-refractivity contribution in [2.75, 3.05) is 6.26 Å². The van der Waals surface area contributed by atoms with Crippen LogP contribution in [-0.4, -0.2) is 24.5 Å². The Morgan fingerprint density at radius 2 is 2.05 bits per heavy atom. The molecule has 0 unspecified atom stereocenters. The molecule has 0 spiro atoms. The molecule has 5 nitrogen and oxygen atoms in total. The zero-order valence-electron chi connectivity index (χ0n) is 10.2. The molecule has 0 radical (unpaired) electrons. The number of hydrogen-bond acceptors (Lipinski definition) is 4. The zero-order valence-corrected chi connectivity index (χ0v) is 11.8. The van der Waals surface area contributed by atoms with Crippen LogP contribution >= 0.6 is 11.6 Å². The number of hydrogen-bond donors (Lipinski definition) is 0. The smallest absolute Gasteiger partial charge is 0.265 e. The quantitative estimate of drug-likeness (QED) is 0.795. The molecule has 19 heavy (non-hydrogen) atoms. The molecule has 0 N–H and O–H groups in total. The summed E-state index contributed by atoms with van der Waals surface area (Å²) in [5.41, 5.74) is 0.727. The van der Waals surface area contributed by atoms with Gasteiger partial charge in [-0.2, -0.15) is 13.5 Å². The van der Waals surface area contributed by atoms with Crippen LogP contribution in [0.15, 0.2) is 42.7 Å². The molecule has 7 heteroatoms. The predicted molar refractivity (Wildman–Crippen MR) is 72.3 cm³/mol. The van der Waals surface area contributed by atoms with Gasteiger partial charge in [0.15, 0.2) is 0 Å². The molecule has 1 atom stereocenters. The van der Waals surface area contributed by atoms with Gasteiger partial charge in [0.2, 0.25) is 0 Å². The van der Waals surface area contributed by atoms with Crippen molar-refractivity contribution in [1.82, 2.24) is 9.78 Å². The maximum absolute atomic E-state index is 11.3. The summed E-state index contributed by atoms with van der Waals surface area (Å²) >= 11 is 5.82. The Morgan fingerprint density at radius 1 is 1.37 bits per heavy atom. The van der Waals surface area contributed by atoms with Crippen LogP contribution in [0, 0.1) is 0 Å². The summed E-state index contributed by atoms with van der Waals surface area (Å²) in [6, 6.07) is 8.62. The highest BCUT2D eigenvalue weighted by Crippen LogP contribution is 2.23. The lowest BCUT2D eigenvalue weighted by Crippen LogP contribution is -2.16. The maximum Gasteiger partial charge on any atom is 0.265 e. The first-order valence-corrected chi connectivity index (χ1v) is 7.74. The highest BCUT2D eigenvalue weighted by molar-refractivity contribution is 7.86. The summed E-state index contributed by atoms with van der Waals surface area (Å²) in [4.78, 5) is 0. The Bertz CT molecular complexity index is 624. The third kappa shape index (κ3) is 4.34. The molecule has 0 amide bonds. The Morgan fingerprint density at radius 3 is 2.58 bits per heavy atom. The standard InChI is InChI=1S/C12H13ClN2O3S/c1-19(16,17)18-12(9-15-8-2-7-14-15)10-3-5-11(13)6-4-10/h2-8,12H,9H2,1H3/t12-/m0/s1.